The maximum atomic E-state index is 13.5. The molecule has 6 aromatic rings. The van der Waals surface area contributed by atoms with Gasteiger partial charge in [-0.1, -0.05) is 48.0 Å². The van der Waals surface area contributed by atoms with E-state index in [1.54, 1.807) is 34.3 Å². The summed E-state index contributed by atoms with van der Waals surface area (Å²) in [7, 11) is -3.63. The topological polar surface area (TPSA) is 84.2 Å². The smallest absolute Gasteiger partial charge is 0.243 e. The van der Waals surface area contributed by atoms with Crippen LogP contribution in [-0.4, -0.2) is 58.4 Å². The largest absolute Gasteiger partial charge is 0.353 e. The Morgan fingerprint density at radius 2 is 1.68 bits per heavy atom. The lowest BCUT2D eigenvalue weighted by Crippen LogP contribution is -2.49. The number of rotatable bonds is 5. The van der Waals surface area contributed by atoms with Crippen molar-refractivity contribution in [2.45, 2.75) is 4.90 Å². The first-order valence-electron chi connectivity index (χ1n) is 12.7. The van der Waals surface area contributed by atoms with Crippen LogP contribution in [0, 0.1) is 0 Å². The fourth-order valence-electron chi connectivity index (χ4n) is 5.23. The highest BCUT2D eigenvalue weighted by Gasteiger charge is 2.31. The van der Waals surface area contributed by atoms with E-state index in [1.807, 2.05) is 47.0 Å². The van der Waals surface area contributed by atoms with Crippen LogP contribution in [0.25, 0.3) is 38.1 Å². The summed E-state index contributed by atoms with van der Waals surface area (Å²) in [5.74, 6) is 0.785. The average Bonchev–Trinajstić information content (AvgIpc) is 3.62. The fourth-order valence-corrected chi connectivity index (χ4v) is 7.65. The minimum Gasteiger partial charge on any atom is -0.353 e. The van der Waals surface area contributed by atoms with Gasteiger partial charge in [0.1, 0.15) is 12.1 Å². The van der Waals surface area contributed by atoms with Crippen molar-refractivity contribution in [2.75, 3.05) is 31.1 Å². The van der Waals surface area contributed by atoms with Crippen LogP contribution in [0.15, 0.2) is 95.7 Å². The Hall–Kier alpha value is -3.83. The Labute approximate surface area is 240 Å². The predicted molar refractivity (Wildman–Crippen MR) is 160 cm³/mol. The molecule has 0 amide bonds. The average molecular weight is 587 g/mol. The molecule has 1 fully saturated rings. The normalized spacial score (nSPS) is 14.8. The van der Waals surface area contributed by atoms with Gasteiger partial charge < -0.3 is 9.47 Å². The second kappa shape index (κ2) is 9.97. The molecule has 7 rings (SSSR count). The summed E-state index contributed by atoms with van der Waals surface area (Å²) in [5, 5.41) is 1.56. The molecule has 1 aliphatic heterocycles. The van der Waals surface area contributed by atoms with Crippen molar-refractivity contribution >= 4 is 60.0 Å². The zero-order chi connectivity index (χ0) is 27.3. The molecule has 8 nitrogen and oxygen atoms in total. The number of piperazine rings is 1. The van der Waals surface area contributed by atoms with Crippen LogP contribution < -0.4 is 4.90 Å². The Morgan fingerprint density at radius 3 is 2.48 bits per heavy atom. The van der Waals surface area contributed by atoms with Crippen molar-refractivity contribution < 1.29 is 8.42 Å². The summed E-state index contributed by atoms with van der Waals surface area (Å²) in [6.07, 6.45) is 3.64. The summed E-state index contributed by atoms with van der Waals surface area (Å²) >= 11 is 7.77. The summed E-state index contributed by atoms with van der Waals surface area (Å²) in [6.45, 7) is 1.71. The highest BCUT2D eigenvalue weighted by Crippen LogP contribution is 2.37. The third-order valence-electron chi connectivity index (χ3n) is 7.21. The van der Waals surface area contributed by atoms with E-state index in [0.717, 1.165) is 43.9 Å². The number of hydrogen-bond donors (Lipinski definition) is 0. The van der Waals surface area contributed by atoms with E-state index in [0.29, 0.717) is 36.1 Å². The van der Waals surface area contributed by atoms with Crippen LogP contribution in [0.2, 0.25) is 5.02 Å². The minimum absolute atomic E-state index is 0.298. The van der Waals surface area contributed by atoms with Crippen LogP contribution in [0.3, 0.4) is 0 Å². The molecule has 0 spiro atoms. The van der Waals surface area contributed by atoms with Gasteiger partial charge in [0, 0.05) is 48.6 Å². The lowest BCUT2D eigenvalue weighted by Gasteiger charge is -2.35. The summed E-state index contributed by atoms with van der Waals surface area (Å²) < 4.78 is 31.4. The van der Waals surface area contributed by atoms with Crippen molar-refractivity contribution in [3.05, 3.63) is 95.9 Å². The quantitative estimate of drug-likeness (QED) is 0.251. The van der Waals surface area contributed by atoms with Crippen molar-refractivity contribution in [3.8, 4) is 16.8 Å². The zero-order valence-electron chi connectivity index (χ0n) is 21.2. The molecule has 3 aromatic heterocycles. The first kappa shape index (κ1) is 25.2. The lowest BCUT2D eigenvalue weighted by atomic mass is 10.1. The van der Waals surface area contributed by atoms with E-state index in [2.05, 4.69) is 33.2 Å². The molecular formula is C29H23ClN6O2S2. The maximum absolute atomic E-state index is 13.5. The van der Waals surface area contributed by atoms with Crippen molar-refractivity contribution in [3.63, 3.8) is 0 Å². The second-order valence-electron chi connectivity index (χ2n) is 9.53. The second-order valence-corrected chi connectivity index (χ2v) is 12.8. The number of halogens is 1. The number of nitrogens with zero attached hydrogens (tertiary/aromatic N) is 6. The van der Waals surface area contributed by atoms with Gasteiger partial charge in [-0.15, -0.1) is 11.3 Å². The van der Waals surface area contributed by atoms with Gasteiger partial charge in [-0.25, -0.2) is 23.4 Å². The highest BCUT2D eigenvalue weighted by atomic mass is 35.5. The van der Waals surface area contributed by atoms with Gasteiger partial charge in [-0.2, -0.15) is 4.31 Å². The third kappa shape index (κ3) is 4.33. The number of hydrogen-bond acceptors (Lipinski definition) is 7. The third-order valence-corrected chi connectivity index (χ3v) is 10.1. The molecule has 1 saturated heterocycles. The molecule has 0 radical (unpaired) electrons. The van der Waals surface area contributed by atoms with Gasteiger partial charge in [0.2, 0.25) is 10.0 Å². The molecule has 1 aliphatic rings. The highest BCUT2D eigenvalue weighted by molar-refractivity contribution is 7.89. The maximum Gasteiger partial charge on any atom is 0.243 e. The lowest BCUT2D eigenvalue weighted by molar-refractivity contribution is 0.384. The van der Waals surface area contributed by atoms with E-state index in [1.165, 1.54) is 11.3 Å². The summed E-state index contributed by atoms with van der Waals surface area (Å²) in [6, 6.07) is 22.9. The van der Waals surface area contributed by atoms with Crippen LogP contribution >= 0.6 is 22.9 Å². The van der Waals surface area contributed by atoms with Gasteiger partial charge in [-0.05, 0) is 42.0 Å². The molecule has 0 atom stereocenters. The van der Waals surface area contributed by atoms with Crippen LogP contribution in [0.1, 0.15) is 0 Å². The van der Waals surface area contributed by atoms with Gasteiger partial charge in [0.25, 0.3) is 0 Å². The van der Waals surface area contributed by atoms with E-state index < -0.39 is 10.0 Å². The van der Waals surface area contributed by atoms with Crippen molar-refractivity contribution in [1.29, 1.82) is 0 Å². The van der Waals surface area contributed by atoms with E-state index in [4.69, 9.17) is 16.6 Å². The van der Waals surface area contributed by atoms with Crippen molar-refractivity contribution in [2.24, 2.45) is 0 Å². The standard InChI is InChI=1S/C29H23ClN6O2S2/c30-21-7-4-8-22(15-21)36-17-24(20-5-2-1-3-6-20)27-28(31-18-32-29(27)36)34-11-13-35(14-12-34)40(37,38)23-9-10-25-26(16-23)39-19-33-25/h1-10,15-19H,11-14H2. The molecule has 3 aromatic carbocycles. The Morgan fingerprint density at radius 1 is 0.850 bits per heavy atom. The number of thiazole rings is 1. The monoisotopic (exact) mass is 586 g/mol. The molecule has 200 valence electrons. The van der Waals surface area contributed by atoms with E-state index in [9.17, 15) is 8.42 Å². The Balaban J connectivity index is 1.25. The molecule has 11 heteroatoms. The van der Waals surface area contributed by atoms with Gasteiger partial charge in [0.05, 0.1) is 26.0 Å². The summed E-state index contributed by atoms with van der Waals surface area (Å²) in [4.78, 5) is 16.1. The zero-order valence-corrected chi connectivity index (χ0v) is 23.6. The first-order valence-corrected chi connectivity index (χ1v) is 15.4. The van der Waals surface area contributed by atoms with E-state index in [-0.39, 0.29) is 0 Å². The van der Waals surface area contributed by atoms with E-state index >= 15 is 0 Å². The molecule has 40 heavy (non-hydrogen) atoms. The van der Waals surface area contributed by atoms with Gasteiger partial charge in [-0.3, -0.25) is 0 Å². The van der Waals surface area contributed by atoms with Crippen LogP contribution in [0.4, 0.5) is 5.82 Å². The molecule has 0 unspecified atom stereocenters. The predicted octanol–water partition coefficient (Wildman–Crippen LogP) is 5.86. The number of benzene rings is 3. The molecule has 4 heterocycles. The van der Waals surface area contributed by atoms with Crippen molar-refractivity contribution in [1.82, 2.24) is 23.8 Å². The molecule has 0 N–H and O–H groups in total. The minimum atomic E-state index is -3.63. The van der Waals surface area contributed by atoms with Gasteiger partial charge in [0.15, 0.2) is 5.65 Å². The first-order chi connectivity index (χ1) is 19.5. The molecular weight excluding hydrogens is 564 g/mol. The molecule has 0 bridgehead atoms. The molecule has 0 aliphatic carbocycles. The SMILES string of the molecule is O=S(=O)(c1ccc2ncsc2c1)N1CCN(c2ncnc3c2c(-c2ccccc2)cn3-c2cccc(Cl)c2)CC1. The van der Waals surface area contributed by atoms with Crippen LogP contribution in [-0.2, 0) is 10.0 Å². The molecule has 0 saturated carbocycles. The Bertz CT molecular complexity index is 1970. The summed E-state index contributed by atoms with van der Waals surface area (Å²) in [5.41, 5.74) is 6.24. The fraction of sp³-hybridized carbons (Fsp3) is 0.138. The Kier molecular flexibility index (Phi) is 6.27. The van der Waals surface area contributed by atoms with Crippen LogP contribution in [0.5, 0.6) is 0 Å². The number of aromatic nitrogens is 4. The number of fused-ring (bicyclic) bond motifs is 2. The van der Waals surface area contributed by atoms with Gasteiger partial charge >= 0.3 is 0 Å². The number of anilines is 1. The number of sulfonamides is 1.